The summed E-state index contributed by atoms with van der Waals surface area (Å²) in [6.45, 7) is 5.65. The van der Waals surface area contributed by atoms with E-state index in [9.17, 15) is 9.59 Å². The molecule has 1 unspecified atom stereocenters. The topological polar surface area (TPSA) is 52.6 Å². The maximum Gasteiger partial charge on any atom is 0.334 e. The minimum absolute atomic E-state index is 0.0338. The molecule has 2 rings (SSSR count). The third-order valence-electron chi connectivity index (χ3n) is 4.80. The Bertz CT molecular complexity index is 685. The van der Waals surface area contributed by atoms with Crippen LogP contribution in [-0.4, -0.2) is 24.6 Å². The summed E-state index contributed by atoms with van der Waals surface area (Å²) in [7, 11) is 1.33. The second-order valence-electron chi connectivity index (χ2n) is 7.38. The highest BCUT2D eigenvalue weighted by atomic mass is 16.6. The quantitative estimate of drug-likeness (QED) is 0.701. The fraction of sp³-hybridized carbons (Fsp3) is 0.455. The van der Waals surface area contributed by atoms with Gasteiger partial charge in [-0.25, -0.2) is 4.79 Å². The van der Waals surface area contributed by atoms with Crippen molar-refractivity contribution in [3.63, 3.8) is 0 Å². The summed E-state index contributed by atoms with van der Waals surface area (Å²) in [6, 6.07) is 10.4. The Hall–Kier alpha value is -2.36. The van der Waals surface area contributed by atoms with Gasteiger partial charge in [0.2, 0.25) is 0 Å². The molecule has 0 bridgehead atoms. The van der Waals surface area contributed by atoms with Crippen LogP contribution in [0.5, 0.6) is 0 Å². The molecule has 0 N–H and O–H groups in total. The van der Waals surface area contributed by atoms with Crippen molar-refractivity contribution in [1.29, 1.82) is 0 Å². The van der Waals surface area contributed by atoms with Gasteiger partial charge in [0, 0.05) is 5.57 Å². The van der Waals surface area contributed by atoms with Gasteiger partial charge >= 0.3 is 11.9 Å². The average Bonchev–Trinajstić information content (AvgIpc) is 2.87. The van der Waals surface area contributed by atoms with Gasteiger partial charge in [-0.2, -0.15) is 0 Å². The first-order chi connectivity index (χ1) is 12.3. The number of allylic oxidation sites excluding steroid dienone is 3. The molecule has 4 heteroatoms. The molecule has 2 atom stereocenters. The molecule has 26 heavy (non-hydrogen) atoms. The zero-order valence-electron chi connectivity index (χ0n) is 16.0. The molecule has 1 aliphatic rings. The van der Waals surface area contributed by atoms with Gasteiger partial charge in [-0.1, -0.05) is 55.5 Å². The molecule has 0 amide bonds. The molecule has 0 aliphatic heterocycles. The van der Waals surface area contributed by atoms with Gasteiger partial charge in [0.25, 0.3) is 0 Å². The number of carbonyl (C=O) groups is 2. The molecule has 1 aromatic carbocycles. The van der Waals surface area contributed by atoms with E-state index >= 15 is 0 Å². The van der Waals surface area contributed by atoms with Crippen LogP contribution in [0.2, 0.25) is 0 Å². The number of benzene rings is 1. The minimum atomic E-state index is -0.891. The molecule has 4 nitrogen and oxygen atoms in total. The van der Waals surface area contributed by atoms with Crippen LogP contribution >= 0.6 is 0 Å². The minimum Gasteiger partial charge on any atom is -0.469 e. The van der Waals surface area contributed by atoms with Crippen molar-refractivity contribution in [2.45, 2.75) is 51.6 Å². The van der Waals surface area contributed by atoms with E-state index in [1.54, 1.807) is 13.8 Å². The highest BCUT2D eigenvalue weighted by Crippen LogP contribution is 2.32. The average molecular weight is 356 g/mol. The number of carbonyl (C=O) groups excluding carboxylic acids is 2. The van der Waals surface area contributed by atoms with Crippen molar-refractivity contribution in [1.82, 2.24) is 0 Å². The number of ether oxygens (including phenoxy) is 2. The third kappa shape index (κ3) is 5.58. The molecule has 1 aromatic rings. The lowest BCUT2D eigenvalue weighted by molar-refractivity contribution is -0.158. The second kappa shape index (κ2) is 8.84. The lowest BCUT2D eigenvalue weighted by atomic mass is 9.84. The fourth-order valence-electron chi connectivity index (χ4n) is 3.18. The van der Waals surface area contributed by atoms with Crippen molar-refractivity contribution >= 4 is 11.9 Å². The van der Waals surface area contributed by atoms with Crippen molar-refractivity contribution in [2.24, 2.45) is 5.92 Å². The number of esters is 2. The highest BCUT2D eigenvalue weighted by molar-refractivity contribution is 5.89. The monoisotopic (exact) mass is 356 g/mol. The molecular formula is C22H28O4. The predicted octanol–water partition coefficient (Wildman–Crippen LogP) is 4.57. The first kappa shape index (κ1) is 20.0. The number of hydrogen-bond acceptors (Lipinski definition) is 4. The van der Waals surface area contributed by atoms with Crippen LogP contribution in [0.25, 0.3) is 0 Å². The first-order valence-electron chi connectivity index (χ1n) is 9.05. The molecule has 0 saturated carbocycles. The molecular weight excluding hydrogens is 328 g/mol. The zero-order chi connectivity index (χ0) is 19.2. The van der Waals surface area contributed by atoms with Gasteiger partial charge in [0.05, 0.1) is 13.5 Å². The number of methoxy groups -OCH3 is 1. The Kier molecular flexibility index (Phi) is 6.78. The maximum atomic E-state index is 12.5. The SMILES string of the molecule is COC(=O)CC(C)(C)OC(=O)C1=CC=CC([C@H](C)c2ccccc2)CC1. The van der Waals surface area contributed by atoms with Crippen LogP contribution in [0.15, 0.2) is 54.1 Å². The normalized spacial score (nSPS) is 18.5. The van der Waals surface area contributed by atoms with Crippen LogP contribution in [0.4, 0.5) is 0 Å². The van der Waals surface area contributed by atoms with Crippen molar-refractivity contribution in [3.8, 4) is 0 Å². The molecule has 0 saturated heterocycles. The zero-order valence-corrected chi connectivity index (χ0v) is 16.0. The van der Waals surface area contributed by atoms with Gasteiger partial charge < -0.3 is 9.47 Å². The van der Waals surface area contributed by atoms with E-state index in [4.69, 9.17) is 4.74 Å². The van der Waals surface area contributed by atoms with Crippen LogP contribution in [0.3, 0.4) is 0 Å². The molecule has 0 fully saturated rings. The predicted molar refractivity (Wildman–Crippen MR) is 102 cm³/mol. The van der Waals surface area contributed by atoms with Gasteiger partial charge in [-0.15, -0.1) is 0 Å². The van der Waals surface area contributed by atoms with Crippen LogP contribution in [-0.2, 0) is 19.1 Å². The van der Waals surface area contributed by atoms with E-state index in [0.29, 0.717) is 23.8 Å². The maximum absolute atomic E-state index is 12.5. The summed E-state index contributed by atoms with van der Waals surface area (Å²) >= 11 is 0. The number of hydrogen-bond donors (Lipinski definition) is 0. The van der Waals surface area contributed by atoms with Crippen molar-refractivity contribution in [3.05, 3.63) is 59.7 Å². The van der Waals surface area contributed by atoms with Crippen LogP contribution < -0.4 is 0 Å². The Morgan fingerprint density at radius 1 is 1.23 bits per heavy atom. The largest absolute Gasteiger partial charge is 0.469 e. The van der Waals surface area contributed by atoms with Gasteiger partial charge in [-0.3, -0.25) is 4.79 Å². The molecule has 0 heterocycles. The first-order valence-corrected chi connectivity index (χ1v) is 9.05. The van der Waals surface area contributed by atoms with E-state index < -0.39 is 11.6 Å². The molecule has 0 radical (unpaired) electrons. The Labute approximate surface area is 155 Å². The Balaban J connectivity index is 1.96. The summed E-state index contributed by atoms with van der Waals surface area (Å²) in [6.07, 6.45) is 7.51. The standard InChI is InChI=1S/C22H28O4/c1-16(17-9-6-5-7-10-17)18-11-8-12-19(14-13-18)21(24)26-22(2,3)15-20(23)25-4/h5-12,16,18H,13-15H2,1-4H3/t16-,18?/m1/s1. The van der Waals surface area contributed by atoms with E-state index in [1.807, 2.05) is 18.2 Å². The summed E-state index contributed by atoms with van der Waals surface area (Å²) in [5, 5.41) is 0. The molecule has 0 spiro atoms. The molecule has 1 aliphatic carbocycles. The summed E-state index contributed by atoms with van der Waals surface area (Å²) in [5.41, 5.74) is 1.05. The lowest BCUT2D eigenvalue weighted by Gasteiger charge is -2.25. The fourth-order valence-corrected chi connectivity index (χ4v) is 3.18. The van der Waals surface area contributed by atoms with E-state index in [0.717, 1.165) is 6.42 Å². The highest BCUT2D eigenvalue weighted by Gasteiger charge is 2.29. The van der Waals surface area contributed by atoms with Crippen molar-refractivity contribution < 1.29 is 19.1 Å². The van der Waals surface area contributed by atoms with Crippen molar-refractivity contribution in [2.75, 3.05) is 7.11 Å². The van der Waals surface area contributed by atoms with Crippen LogP contribution in [0.1, 0.15) is 51.5 Å². The third-order valence-corrected chi connectivity index (χ3v) is 4.80. The van der Waals surface area contributed by atoms with E-state index in [1.165, 1.54) is 12.7 Å². The summed E-state index contributed by atoms with van der Waals surface area (Å²) in [4.78, 5) is 24.0. The molecule has 0 aromatic heterocycles. The Morgan fingerprint density at radius 3 is 2.58 bits per heavy atom. The smallest absolute Gasteiger partial charge is 0.334 e. The van der Waals surface area contributed by atoms with Crippen LogP contribution in [0, 0.1) is 5.92 Å². The van der Waals surface area contributed by atoms with Gasteiger partial charge in [0.15, 0.2) is 0 Å². The van der Waals surface area contributed by atoms with Gasteiger partial charge in [0.1, 0.15) is 5.60 Å². The lowest BCUT2D eigenvalue weighted by Crippen LogP contribution is -2.32. The summed E-state index contributed by atoms with van der Waals surface area (Å²) in [5.74, 6) is -0.0140. The summed E-state index contributed by atoms with van der Waals surface area (Å²) < 4.78 is 10.2. The van der Waals surface area contributed by atoms with Gasteiger partial charge in [-0.05, 0) is 44.1 Å². The Morgan fingerprint density at radius 2 is 1.92 bits per heavy atom. The number of rotatable bonds is 6. The molecule has 140 valence electrons. The second-order valence-corrected chi connectivity index (χ2v) is 7.38. The van der Waals surface area contributed by atoms with E-state index in [2.05, 4.69) is 42.0 Å². The van der Waals surface area contributed by atoms with E-state index in [-0.39, 0.29) is 12.4 Å².